The molecule has 0 radical (unpaired) electrons. The zero-order valence-electron chi connectivity index (χ0n) is 13.9. The Bertz CT molecular complexity index is 756. The summed E-state index contributed by atoms with van der Waals surface area (Å²) < 4.78 is 27.7. The second kappa shape index (κ2) is 5.57. The zero-order valence-corrected chi connectivity index (χ0v) is 14.8. The highest BCUT2D eigenvalue weighted by Crippen LogP contribution is 2.59. The first kappa shape index (κ1) is 16.1. The van der Waals surface area contributed by atoms with E-state index >= 15 is 0 Å². The molecule has 1 aliphatic heterocycles. The number of nitriles is 1. The highest BCUT2D eigenvalue weighted by Gasteiger charge is 2.59. The fourth-order valence-corrected chi connectivity index (χ4v) is 6.99. The Morgan fingerprint density at radius 1 is 1.08 bits per heavy atom. The predicted molar refractivity (Wildman–Crippen MR) is 92.5 cm³/mol. The second-order valence-corrected chi connectivity index (χ2v) is 9.85. The molecule has 5 heteroatoms. The van der Waals surface area contributed by atoms with E-state index in [1.165, 1.54) is 19.3 Å². The first-order chi connectivity index (χ1) is 11.5. The van der Waals surface area contributed by atoms with Gasteiger partial charge in [-0.2, -0.15) is 9.57 Å². The minimum atomic E-state index is -3.39. The third kappa shape index (κ3) is 2.57. The number of rotatable bonds is 4. The summed E-state index contributed by atoms with van der Waals surface area (Å²) in [6, 6.07) is 12.3. The van der Waals surface area contributed by atoms with Gasteiger partial charge >= 0.3 is 0 Å². The number of sulfonamides is 1. The lowest BCUT2D eigenvalue weighted by Crippen LogP contribution is -2.61. The van der Waals surface area contributed by atoms with E-state index in [1.54, 1.807) is 4.31 Å². The second-order valence-electron chi connectivity index (χ2n) is 7.93. The molecule has 0 amide bonds. The van der Waals surface area contributed by atoms with Gasteiger partial charge in [-0.15, -0.1) is 0 Å². The van der Waals surface area contributed by atoms with Crippen molar-refractivity contribution in [1.82, 2.24) is 4.31 Å². The summed E-state index contributed by atoms with van der Waals surface area (Å²) in [6.07, 6.45) is 7.31. The maximum atomic E-state index is 13.0. The molecule has 3 fully saturated rings. The number of nitrogens with zero attached hydrogens (tertiary/aromatic N) is 2. The summed E-state index contributed by atoms with van der Waals surface area (Å²) >= 11 is 0. The van der Waals surface area contributed by atoms with E-state index in [4.69, 9.17) is 0 Å². The molecule has 1 atom stereocenters. The molecular formula is C19H24N2O2S. The average Bonchev–Trinajstić information content (AvgIpc) is 3.34. The van der Waals surface area contributed by atoms with Crippen LogP contribution in [0.4, 0.5) is 0 Å². The highest BCUT2D eigenvalue weighted by atomic mass is 32.2. The van der Waals surface area contributed by atoms with Crippen molar-refractivity contribution in [3.63, 3.8) is 0 Å². The third-order valence-electron chi connectivity index (χ3n) is 6.21. The van der Waals surface area contributed by atoms with E-state index in [0.717, 1.165) is 31.2 Å². The van der Waals surface area contributed by atoms with Crippen molar-refractivity contribution in [2.45, 2.75) is 51.0 Å². The van der Waals surface area contributed by atoms with Crippen molar-refractivity contribution in [2.24, 2.45) is 10.8 Å². The maximum Gasteiger partial charge on any atom is 0.216 e. The van der Waals surface area contributed by atoms with E-state index in [-0.39, 0.29) is 17.2 Å². The number of benzene rings is 1. The summed E-state index contributed by atoms with van der Waals surface area (Å²) in [5.74, 6) is -0.00405. The van der Waals surface area contributed by atoms with Crippen molar-refractivity contribution in [1.29, 1.82) is 5.26 Å². The van der Waals surface area contributed by atoms with Gasteiger partial charge in [0.05, 0.1) is 23.3 Å². The molecule has 1 aromatic rings. The summed E-state index contributed by atoms with van der Waals surface area (Å²) in [6.45, 7) is 0.635. The quantitative estimate of drug-likeness (QED) is 0.838. The van der Waals surface area contributed by atoms with Gasteiger partial charge < -0.3 is 0 Å². The van der Waals surface area contributed by atoms with Gasteiger partial charge in [-0.25, -0.2) is 8.42 Å². The monoisotopic (exact) mass is 344 g/mol. The summed E-state index contributed by atoms with van der Waals surface area (Å²) in [5.41, 5.74) is 0.599. The van der Waals surface area contributed by atoms with E-state index in [9.17, 15) is 13.7 Å². The lowest BCUT2D eigenvalue weighted by Gasteiger charge is -2.58. The summed E-state index contributed by atoms with van der Waals surface area (Å²) in [4.78, 5) is 0. The molecule has 1 saturated heterocycles. The van der Waals surface area contributed by atoms with E-state index < -0.39 is 15.4 Å². The summed E-state index contributed by atoms with van der Waals surface area (Å²) in [5, 5.41) is 9.28. The van der Waals surface area contributed by atoms with Crippen LogP contribution >= 0.6 is 0 Å². The first-order valence-corrected chi connectivity index (χ1v) is 10.6. The molecule has 4 rings (SSSR count). The first-order valence-electron chi connectivity index (χ1n) is 8.96. The Morgan fingerprint density at radius 2 is 1.75 bits per heavy atom. The molecule has 3 aliphatic rings. The maximum absolute atomic E-state index is 13.0. The largest absolute Gasteiger partial charge is 0.216 e. The van der Waals surface area contributed by atoms with Gasteiger partial charge in [0.1, 0.15) is 0 Å². The van der Waals surface area contributed by atoms with Crippen LogP contribution in [-0.4, -0.2) is 25.0 Å². The highest BCUT2D eigenvalue weighted by molar-refractivity contribution is 7.89. The van der Waals surface area contributed by atoms with Crippen LogP contribution in [0.1, 0.15) is 56.6 Å². The van der Waals surface area contributed by atoms with E-state index in [2.05, 4.69) is 18.2 Å². The van der Waals surface area contributed by atoms with Gasteiger partial charge in [0.2, 0.25) is 10.0 Å². The van der Waals surface area contributed by atoms with Crippen LogP contribution in [-0.2, 0) is 10.0 Å². The molecule has 0 N–H and O–H groups in total. The van der Waals surface area contributed by atoms with Crippen molar-refractivity contribution in [2.75, 3.05) is 12.3 Å². The van der Waals surface area contributed by atoms with Gasteiger partial charge in [0.25, 0.3) is 0 Å². The predicted octanol–water partition coefficient (Wildman–Crippen LogP) is 3.63. The van der Waals surface area contributed by atoms with Gasteiger partial charge in [0, 0.05) is 12.0 Å². The number of hydrogen-bond donors (Lipinski definition) is 0. The van der Waals surface area contributed by atoms with Gasteiger partial charge in [-0.3, -0.25) is 0 Å². The normalized spacial score (nSPS) is 28.0. The fourth-order valence-electron chi connectivity index (χ4n) is 4.65. The molecule has 1 aromatic carbocycles. The van der Waals surface area contributed by atoms with Crippen LogP contribution in [0.25, 0.3) is 0 Å². The molecule has 4 nitrogen and oxygen atoms in total. The molecule has 1 heterocycles. The standard InChI is InChI=1S/C19H24N2O2S/c20-13-18(11-12-18)15-24(22,23)21-14-19(9-5-2-6-10-19)17(21)16-7-3-1-4-8-16/h1,3-4,7-8,17H,2,5-6,9-12,14-15H2/t17-/m1/s1. The molecular weight excluding hydrogens is 320 g/mol. The lowest BCUT2D eigenvalue weighted by molar-refractivity contribution is -0.0442. The minimum Gasteiger partial charge on any atom is -0.212 e. The smallest absolute Gasteiger partial charge is 0.212 e. The Balaban J connectivity index is 1.65. The minimum absolute atomic E-state index is 0.00405. The molecule has 0 aromatic heterocycles. The van der Waals surface area contributed by atoms with Gasteiger partial charge in [0.15, 0.2) is 0 Å². The average molecular weight is 344 g/mol. The van der Waals surface area contributed by atoms with E-state index in [1.807, 2.05) is 18.2 Å². The van der Waals surface area contributed by atoms with Crippen LogP contribution in [0.5, 0.6) is 0 Å². The molecule has 128 valence electrons. The SMILES string of the molecule is N#CC1(CS(=O)(=O)N2CC3(CCCCC3)[C@H]2c2ccccc2)CC1. The lowest BCUT2D eigenvalue weighted by atomic mass is 9.62. The Hall–Kier alpha value is -1.38. The van der Waals surface area contributed by atoms with Crippen LogP contribution in [0.2, 0.25) is 0 Å². The Kier molecular flexibility index (Phi) is 3.74. The van der Waals surface area contributed by atoms with Crippen LogP contribution in [0, 0.1) is 22.2 Å². The number of hydrogen-bond acceptors (Lipinski definition) is 3. The van der Waals surface area contributed by atoms with Gasteiger partial charge in [-0.1, -0.05) is 49.6 Å². The van der Waals surface area contributed by atoms with Crippen molar-refractivity contribution >= 4 is 10.0 Å². The zero-order chi connectivity index (χ0) is 16.8. The molecule has 0 bridgehead atoms. The summed E-state index contributed by atoms with van der Waals surface area (Å²) in [7, 11) is -3.39. The van der Waals surface area contributed by atoms with Crippen molar-refractivity contribution < 1.29 is 8.42 Å². The topological polar surface area (TPSA) is 61.2 Å². The Morgan fingerprint density at radius 3 is 2.33 bits per heavy atom. The molecule has 2 aliphatic carbocycles. The third-order valence-corrected chi connectivity index (χ3v) is 8.18. The molecule has 24 heavy (non-hydrogen) atoms. The molecule has 1 spiro atoms. The Labute approximate surface area is 144 Å². The fraction of sp³-hybridized carbons (Fsp3) is 0.632. The van der Waals surface area contributed by atoms with Gasteiger partial charge in [-0.05, 0) is 31.2 Å². The van der Waals surface area contributed by atoms with Crippen molar-refractivity contribution in [3.8, 4) is 6.07 Å². The van der Waals surface area contributed by atoms with E-state index in [0.29, 0.717) is 6.54 Å². The van der Waals surface area contributed by atoms with Crippen LogP contribution in [0.3, 0.4) is 0 Å². The van der Waals surface area contributed by atoms with Crippen molar-refractivity contribution in [3.05, 3.63) is 35.9 Å². The van der Waals surface area contributed by atoms with Crippen LogP contribution < -0.4 is 0 Å². The molecule has 2 saturated carbocycles. The molecule has 0 unspecified atom stereocenters. The van der Waals surface area contributed by atoms with Crippen LogP contribution in [0.15, 0.2) is 30.3 Å².